The van der Waals surface area contributed by atoms with Crippen molar-refractivity contribution in [2.45, 2.75) is 24.9 Å². The van der Waals surface area contributed by atoms with Gasteiger partial charge in [0.15, 0.2) is 15.3 Å². The summed E-state index contributed by atoms with van der Waals surface area (Å²) in [4.78, 5) is 2.39. The van der Waals surface area contributed by atoms with Crippen LogP contribution in [0.2, 0.25) is 0 Å². The fourth-order valence-corrected chi connectivity index (χ4v) is 3.88. The molecule has 1 heterocycles. The van der Waals surface area contributed by atoms with Crippen molar-refractivity contribution in [3.05, 3.63) is 58.9 Å². The second-order valence-corrected chi connectivity index (χ2v) is 8.84. The lowest BCUT2D eigenvalue weighted by Crippen LogP contribution is -2.29. The van der Waals surface area contributed by atoms with E-state index in [0.29, 0.717) is 32.0 Å². The standard InChI is InChI=1S/C19H23FN2O3S/c1-14-4-6-17(20)10-16(14)13-22-8-9-25-19-11-18(7-5-15(19)12-22)26(23,24)21(2)3/h4-7,10-11H,8-9,12-13H2,1-3H3. The number of aryl methyl sites for hydroxylation is 1. The van der Waals surface area contributed by atoms with E-state index in [4.69, 9.17) is 4.74 Å². The first-order chi connectivity index (χ1) is 12.3. The van der Waals surface area contributed by atoms with Gasteiger partial charge in [0.25, 0.3) is 0 Å². The number of nitrogens with zero attached hydrogens (tertiary/aromatic N) is 2. The zero-order valence-corrected chi connectivity index (χ0v) is 16.0. The van der Waals surface area contributed by atoms with Gasteiger partial charge in [-0.05, 0) is 42.3 Å². The van der Waals surface area contributed by atoms with Gasteiger partial charge in [-0.1, -0.05) is 10.3 Å². The highest BCUT2D eigenvalue weighted by atomic mass is 32.3. The Kier molecular flexibility index (Phi) is 5.43. The SMILES string of the molecule is Cc1ccc(F)cc1CN1CCOc2cc([S+](=O)([O-])N(C)C)ccc2C1. The van der Waals surface area contributed by atoms with Crippen LogP contribution in [0.5, 0.6) is 5.75 Å². The van der Waals surface area contributed by atoms with Crippen LogP contribution < -0.4 is 4.74 Å². The molecule has 0 aliphatic carbocycles. The molecule has 1 unspecified atom stereocenters. The maximum Gasteiger partial charge on any atom is 0.179 e. The van der Waals surface area contributed by atoms with E-state index in [0.717, 1.165) is 16.7 Å². The molecule has 0 saturated carbocycles. The smallest absolute Gasteiger partial charge is 0.179 e. The quantitative estimate of drug-likeness (QED) is 0.768. The lowest BCUT2D eigenvalue weighted by atomic mass is 10.1. The van der Waals surface area contributed by atoms with Gasteiger partial charge in [0.1, 0.15) is 18.2 Å². The molecule has 140 valence electrons. The van der Waals surface area contributed by atoms with E-state index in [1.165, 1.54) is 24.5 Å². The van der Waals surface area contributed by atoms with E-state index in [9.17, 15) is 13.2 Å². The first kappa shape index (κ1) is 19.0. The summed E-state index contributed by atoms with van der Waals surface area (Å²) in [6, 6.07) is 9.80. The third kappa shape index (κ3) is 3.96. The molecule has 1 aliphatic rings. The van der Waals surface area contributed by atoms with Crippen molar-refractivity contribution in [2.24, 2.45) is 0 Å². The molecule has 0 spiro atoms. The molecule has 0 amide bonds. The summed E-state index contributed by atoms with van der Waals surface area (Å²) in [7, 11) is -0.487. The maximum atomic E-state index is 13.5. The lowest BCUT2D eigenvalue weighted by molar-refractivity contribution is 0.219. The van der Waals surface area contributed by atoms with Crippen LogP contribution >= 0.6 is 0 Å². The minimum absolute atomic E-state index is 0.218. The first-order valence-corrected chi connectivity index (χ1v) is 9.87. The highest BCUT2D eigenvalue weighted by Gasteiger charge is 2.26. The Labute approximate surface area is 154 Å². The summed E-state index contributed by atoms with van der Waals surface area (Å²) in [5, 5.41) is 0. The monoisotopic (exact) mass is 378 g/mol. The van der Waals surface area contributed by atoms with E-state index < -0.39 is 10.4 Å². The number of sulfonamides is 1. The van der Waals surface area contributed by atoms with Crippen molar-refractivity contribution in [2.75, 3.05) is 27.2 Å². The number of benzene rings is 2. The van der Waals surface area contributed by atoms with E-state index in [1.807, 2.05) is 6.92 Å². The first-order valence-electron chi connectivity index (χ1n) is 8.43. The van der Waals surface area contributed by atoms with E-state index >= 15 is 0 Å². The average Bonchev–Trinajstić information content (AvgIpc) is 2.79. The summed E-state index contributed by atoms with van der Waals surface area (Å²) in [5.74, 6) is 0.349. The van der Waals surface area contributed by atoms with Crippen LogP contribution in [0.25, 0.3) is 0 Å². The Morgan fingerprint density at radius 3 is 2.77 bits per heavy atom. The Balaban J connectivity index is 1.83. The topological polar surface area (TPSA) is 55.8 Å². The molecular weight excluding hydrogens is 355 g/mol. The van der Waals surface area contributed by atoms with E-state index in [1.54, 1.807) is 30.3 Å². The van der Waals surface area contributed by atoms with Gasteiger partial charge < -0.3 is 9.29 Å². The third-order valence-electron chi connectivity index (χ3n) is 4.58. The molecule has 26 heavy (non-hydrogen) atoms. The number of fused-ring (bicyclic) bond motifs is 1. The Morgan fingerprint density at radius 2 is 2.04 bits per heavy atom. The van der Waals surface area contributed by atoms with E-state index in [2.05, 4.69) is 4.90 Å². The van der Waals surface area contributed by atoms with Crippen molar-refractivity contribution in [3.8, 4) is 5.75 Å². The number of ether oxygens (including phenoxy) is 1. The summed E-state index contributed by atoms with van der Waals surface area (Å²) < 4.78 is 45.1. The molecule has 1 aliphatic heterocycles. The molecule has 7 heteroatoms. The zero-order chi connectivity index (χ0) is 18.9. The van der Waals surface area contributed by atoms with E-state index in [-0.39, 0.29) is 10.7 Å². The van der Waals surface area contributed by atoms with Crippen LogP contribution in [0, 0.1) is 12.7 Å². The van der Waals surface area contributed by atoms with Crippen LogP contribution in [-0.2, 0) is 27.7 Å². The molecule has 0 aromatic heterocycles. The molecule has 3 rings (SSSR count). The summed E-state index contributed by atoms with van der Waals surface area (Å²) in [6.07, 6.45) is 0. The van der Waals surface area contributed by atoms with Gasteiger partial charge in [0.2, 0.25) is 0 Å². The molecular formula is C19H23FN2O3S. The number of halogens is 1. The predicted octanol–water partition coefficient (Wildman–Crippen LogP) is 2.99. The second-order valence-electron chi connectivity index (χ2n) is 6.69. The second kappa shape index (κ2) is 7.44. The third-order valence-corrected chi connectivity index (χ3v) is 6.39. The van der Waals surface area contributed by atoms with Crippen LogP contribution in [0.15, 0.2) is 41.3 Å². The zero-order valence-electron chi connectivity index (χ0n) is 15.2. The van der Waals surface area contributed by atoms with Gasteiger partial charge in [0, 0.05) is 45.4 Å². The van der Waals surface area contributed by atoms with Crippen molar-refractivity contribution in [3.63, 3.8) is 0 Å². The van der Waals surface area contributed by atoms with Crippen LogP contribution in [-0.4, -0.2) is 41.0 Å². The molecule has 0 radical (unpaired) electrons. The number of rotatable bonds is 4. The maximum absolute atomic E-state index is 13.5. The van der Waals surface area contributed by atoms with Gasteiger partial charge in [-0.15, -0.1) is 4.31 Å². The molecule has 2 aromatic rings. The van der Waals surface area contributed by atoms with Crippen LogP contribution in [0.1, 0.15) is 16.7 Å². The molecule has 0 bridgehead atoms. The van der Waals surface area contributed by atoms with Crippen molar-refractivity contribution < 1.29 is 17.9 Å². The molecule has 5 nitrogen and oxygen atoms in total. The normalized spacial score (nSPS) is 17.3. The Bertz CT molecular complexity index is 857. The summed E-state index contributed by atoms with van der Waals surface area (Å²) in [6.45, 7) is 4.33. The molecule has 1 atom stereocenters. The molecule has 0 saturated heterocycles. The van der Waals surface area contributed by atoms with Gasteiger partial charge in [-0.3, -0.25) is 4.90 Å². The van der Waals surface area contributed by atoms with Gasteiger partial charge in [-0.25, -0.2) is 4.39 Å². The molecule has 0 N–H and O–H groups in total. The summed E-state index contributed by atoms with van der Waals surface area (Å²) >= 11 is 0. The van der Waals surface area contributed by atoms with Gasteiger partial charge >= 0.3 is 0 Å². The van der Waals surface area contributed by atoms with Crippen molar-refractivity contribution in [1.82, 2.24) is 9.21 Å². The fraction of sp³-hybridized carbons (Fsp3) is 0.368. The highest BCUT2D eigenvalue weighted by Crippen LogP contribution is 2.30. The lowest BCUT2D eigenvalue weighted by Gasteiger charge is -2.21. The highest BCUT2D eigenvalue weighted by molar-refractivity contribution is 7.95. The largest absolute Gasteiger partial charge is 0.593 e. The number of hydrogen-bond acceptors (Lipinski definition) is 4. The number of hydrogen-bond donors (Lipinski definition) is 0. The average molecular weight is 378 g/mol. The minimum Gasteiger partial charge on any atom is -0.593 e. The van der Waals surface area contributed by atoms with Crippen LogP contribution in [0.4, 0.5) is 4.39 Å². The van der Waals surface area contributed by atoms with Crippen LogP contribution in [0.3, 0.4) is 0 Å². The van der Waals surface area contributed by atoms with Crippen molar-refractivity contribution >= 4 is 10.4 Å². The van der Waals surface area contributed by atoms with Crippen molar-refractivity contribution in [1.29, 1.82) is 0 Å². The summed E-state index contributed by atoms with van der Waals surface area (Å²) in [5.41, 5.74) is 2.92. The Hall–Kier alpha value is -1.80. The minimum atomic E-state index is -3.50. The van der Waals surface area contributed by atoms with Gasteiger partial charge in [-0.2, -0.15) is 0 Å². The molecule has 2 aromatic carbocycles. The van der Waals surface area contributed by atoms with Gasteiger partial charge in [0.05, 0.1) is 0 Å². The molecule has 0 fully saturated rings. The fourth-order valence-electron chi connectivity index (χ4n) is 2.96. The Morgan fingerprint density at radius 1 is 1.27 bits per heavy atom. The predicted molar refractivity (Wildman–Crippen MR) is 98.0 cm³/mol.